The Morgan fingerprint density at radius 3 is 2.35 bits per heavy atom. The number of carbonyl (C=O) groups excluding carboxylic acids is 2. The number of carbonyl (C=O) groups is 2. The van der Waals surface area contributed by atoms with Crippen LogP contribution in [0.3, 0.4) is 0 Å². The molecule has 0 saturated heterocycles. The van der Waals surface area contributed by atoms with E-state index >= 15 is 0 Å². The summed E-state index contributed by atoms with van der Waals surface area (Å²) in [6.45, 7) is 2.73. The monoisotopic (exact) mass is 432 g/mol. The van der Waals surface area contributed by atoms with E-state index in [1.165, 1.54) is 5.56 Å². The molecule has 0 spiro atoms. The van der Waals surface area contributed by atoms with Gasteiger partial charge < -0.3 is 10.6 Å². The number of rotatable bonds is 5. The van der Waals surface area contributed by atoms with E-state index in [1.54, 1.807) is 22.9 Å². The zero-order valence-electron chi connectivity index (χ0n) is 17.3. The molecule has 158 valence electrons. The second-order valence-corrected chi connectivity index (χ2v) is 8.31. The van der Waals surface area contributed by atoms with Gasteiger partial charge in [0.15, 0.2) is 0 Å². The Bertz CT molecular complexity index is 1070. The molecule has 1 aliphatic heterocycles. The molecule has 3 amide bonds. The molecule has 0 aliphatic carbocycles. The highest BCUT2D eigenvalue weighted by atomic mass is 32.2. The van der Waals surface area contributed by atoms with Crippen LogP contribution in [0.25, 0.3) is 0 Å². The van der Waals surface area contributed by atoms with Crippen molar-refractivity contribution in [3.05, 3.63) is 78.0 Å². The van der Waals surface area contributed by atoms with Crippen LogP contribution in [-0.4, -0.2) is 29.2 Å². The molecule has 0 atom stereocenters. The number of aryl methyl sites for hydroxylation is 1. The van der Waals surface area contributed by atoms with Crippen LogP contribution in [0.1, 0.15) is 18.1 Å². The van der Waals surface area contributed by atoms with Gasteiger partial charge in [-0.3, -0.25) is 9.69 Å². The Hall–Kier alpha value is -3.32. The number of nitrogens with zero attached hydrogens (tertiary/aromatic N) is 2. The number of hydrogen-bond acceptors (Lipinski definition) is 4. The van der Waals surface area contributed by atoms with Crippen LogP contribution in [-0.2, 0) is 17.6 Å². The van der Waals surface area contributed by atoms with Gasteiger partial charge in [0.2, 0.25) is 5.91 Å². The quantitative estimate of drug-likeness (QED) is 0.597. The van der Waals surface area contributed by atoms with E-state index in [1.807, 2.05) is 60.7 Å². The van der Waals surface area contributed by atoms with Crippen LogP contribution >= 0.6 is 11.8 Å². The molecule has 2 heterocycles. The number of nitrogens with one attached hydrogen (secondary N) is 2. The van der Waals surface area contributed by atoms with Gasteiger partial charge in [-0.05, 0) is 53.9 Å². The molecule has 31 heavy (non-hydrogen) atoms. The maximum atomic E-state index is 12.8. The number of benzene rings is 2. The number of urea groups is 1. The van der Waals surface area contributed by atoms with Crippen molar-refractivity contribution in [1.29, 1.82) is 0 Å². The molecule has 2 N–H and O–H groups in total. The lowest BCUT2D eigenvalue weighted by Crippen LogP contribution is -2.38. The van der Waals surface area contributed by atoms with Gasteiger partial charge in [-0.25, -0.2) is 9.78 Å². The van der Waals surface area contributed by atoms with Crippen molar-refractivity contribution in [2.75, 3.05) is 27.8 Å². The first-order valence-electron chi connectivity index (χ1n) is 10.3. The normalized spacial score (nSPS) is 12.7. The van der Waals surface area contributed by atoms with E-state index in [-0.39, 0.29) is 18.4 Å². The lowest BCUT2D eigenvalue weighted by Gasteiger charge is -2.28. The van der Waals surface area contributed by atoms with Crippen molar-refractivity contribution in [1.82, 2.24) is 4.98 Å². The fourth-order valence-corrected chi connectivity index (χ4v) is 4.30. The smallest absolute Gasteiger partial charge is 0.326 e. The third kappa shape index (κ3) is 5.24. The van der Waals surface area contributed by atoms with Gasteiger partial charge >= 0.3 is 6.03 Å². The van der Waals surface area contributed by atoms with Crippen molar-refractivity contribution in [3.8, 4) is 0 Å². The van der Waals surface area contributed by atoms with E-state index in [4.69, 9.17) is 0 Å². The van der Waals surface area contributed by atoms with Gasteiger partial charge in [-0.2, -0.15) is 0 Å². The van der Waals surface area contributed by atoms with Crippen LogP contribution in [0.5, 0.6) is 0 Å². The molecule has 2 aromatic carbocycles. The molecule has 0 bridgehead atoms. The van der Waals surface area contributed by atoms with Crippen molar-refractivity contribution in [2.45, 2.75) is 24.8 Å². The predicted octanol–water partition coefficient (Wildman–Crippen LogP) is 4.97. The average molecular weight is 433 g/mol. The molecular weight excluding hydrogens is 408 g/mol. The average Bonchev–Trinajstić information content (AvgIpc) is 2.80. The predicted molar refractivity (Wildman–Crippen MR) is 126 cm³/mol. The third-order valence-electron chi connectivity index (χ3n) is 5.06. The van der Waals surface area contributed by atoms with Gasteiger partial charge in [0.1, 0.15) is 5.03 Å². The Labute approximate surface area is 186 Å². The Morgan fingerprint density at radius 2 is 1.65 bits per heavy atom. The Morgan fingerprint density at radius 1 is 0.968 bits per heavy atom. The van der Waals surface area contributed by atoms with E-state index in [2.05, 4.69) is 22.5 Å². The Kier molecular flexibility index (Phi) is 6.52. The molecular formula is C24H24N4O2S. The standard InChI is InChI=1S/C24H24N4O2S/c1-2-17-5-9-19(10-6-17)26-22(29)16-18-7-11-20(12-8-18)27-24(30)28-14-15-31-23-21(28)4-3-13-25-23/h3-13H,2,14-16H2,1H3,(H,26,29)(H,27,30). The highest BCUT2D eigenvalue weighted by Gasteiger charge is 2.23. The number of amides is 3. The summed E-state index contributed by atoms with van der Waals surface area (Å²) < 4.78 is 0. The maximum Gasteiger partial charge on any atom is 0.326 e. The molecule has 1 aromatic heterocycles. The first kappa shape index (κ1) is 20.9. The van der Waals surface area contributed by atoms with E-state index in [0.717, 1.165) is 34.1 Å². The number of anilines is 3. The van der Waals surface area contributed by atoms with Crippen molar-refractivity contribution in [3.63, 3.8) is 0 Å². The number of fused-ring (bicyclic) bond motifs is 1. The molecule has 0 fully saturated rings. The van der Waals surface area contributed by atoms with Gasteiger partial charge in [-0.15, -0.1) is 11.8 Å². The molecule has 6 nitrogen and oxygen atoms in total. The first-order chi connectivity index (χ1) is 15.1. The number of pyridine rings is 1. The summed E-state index contributed by atoms with van der Waals surface area (Å²) in [6, 6.07) is 18.8. The second kappa shape index (κ2) is 9.66. The second-order valence-electron chi connectivity index (χ2n) is 7.23. The van der Waals surface area contributed by atoms with Crippen LogP contribution in [0, 0.1) is 0 Å². The molecule has 0 saturated carbocycles. The summed E-state index contributed by atoms with van der Waals surface area (Å²) >= 11 is 1.66. The first-order valence-corrected chi connectivity index (χ1v) is 11.2. The summed E-state index contributed by atoms with van der Waals surface area (Å²) in [5, 5.41) is 6.72. The van der Waals surface area contributed by atoms with Crippen LogP contribution < -0.4 is 15.5 Å². The van der Waals surface area contributed by atoms with Gasteiger partial charge in [-0.1, -0.05) is 31.2 Å². The molecule has 3 aromatic rings. The lowest BCUT2D eigenvalue weighted by atomic mass is 10.1. The van der Waals surface area contributed by atoms with Crippen molar-refractivity contribution >= 4 is 40.8 Å². The largest absolute Gasteiger partial charge is 0.326 e. The fourth-order valence-electron chi connectivity index (χ4n) is 3.38. The van der Waals surface area contributed by atoms with Crippen LogP contribution in [0.4, 0.5) is 21.9 Å². The molecule has 4 rings (SSSR count). The minimum Gasteiger partial charge on any atom is -0.326 e. The van der Waals surface area contributed by atoms with Crippen molar-refractivity contribution in [2.24, 2.45) is 0 Å². The third-order valence-corrected chi connectivity index (χ3v) is 6.03. The fraction of sp³-hybridized carbons (Fsp3) is 0.208. The topological polar surface area (TPSA) is 74.3 Å². The number of aromatic nitrogens is 1. The minimum atomic E-state index is -0.185. The SMILES string of the molecule is CCc1ccc(NC(=O)Cc2ccc(NC(=O)N3CCSc4ncccc43)cc2)cc1. The summed E-state index contributed by atoms with van der Waals surface area (Å²) in [5.74, 6) is 0.739. The highest BCUT2D eigenvalue weighted by Crippen LogP contribution is 2.32. The highest BCUT2D eigenvalue weighted by molar-refractivity contribution is 7.99. The Balaban J connectivity index is 1.34. The van der Waals surface area contributed by atoms with E-state index in [0.29, 0.717) is 12.2 Å². The lowest BCUT2D eigenvalue weighted by molar-refractivity contribution is -0.115. The van der Waals surface area contributed by atoms with Crippen LogP contribution in [0.2, 0.25) is 0 Å². The van der Waals surface area contributed by atoms with Gasteiger partial charge in [0, 0.05) is 29.9 Å². The molecule has 7 heteroatoms. The molecule has 1 aliphatic rings. The zero-order valence-corrected chi connectivity index (χ0v) is 18.1. The van der Waals surface area contributed by atoms with E-state index < -0.39 is 0 Å². The summed E-state index contributed by atoms with van der Waals surface area (Å²) in [6.07, 6.45) is 2.98. The minimum absolute atomic E-state index is 0.0732. The van der Waals surface area contributed by atoms with Gasteiger partial charge in [0.25, 0.3) is 0 Å². The van der Waals surface area contributed by atoms with Gasteiger partial charge in [0.05, 0.1) is 12.1 Å². The molecule has 0 radical (unpaired) electrons. The zero-order chi connectivity index (χ0) is 21.6. The van der Waals surface area contributed by atoms with E-state index in [9.17, 15) is 9.59 Å². The number of hydrogen-bond donors (Lipinski definition) is 2. The molecule has 0 unspecified atom stereocenters. The maximum absolute atomic E-state index is 12.8. The van der Waals surface area contributed by atoms with Crippen LogP contribution in [0.15, 0.2) is 71.9 Å². The summed E-state index contributed by atoms with van der Waals surface area (Å²) in [5.41, 5.74) is 4.42. The summed E-state index contributed by atoms with van der Waals surface area (Å²) in [7, 11) is 0. The van der Waals surface area contributed by atoms with Crippen molar-refractivity contribution < 1.29 is 9.59 Å². The number of thioether (sulfide) groups is 1. The summed E-state index contributed by atoms with van der Waals surface area (Å²) in [4.78, 5) is 31.1.